The molecule has 0 aliphatic carbocycles. The van der Waals surface area contributed by atoms with Crippen LogP contribution in [0.25, 0.3) is 0 Å². The maximum absolute atomic E-state index is 13.0. The summed E-state index contributed by atoms with van der Waals surface area (Å²) in [7, 11) is 4.16. The largest absolute Gasteiger partial charge is 0.345 e. The molecule has 0 saturated carbocycles. The van der Waals surface area contributed by atoms with Gasteiger partial charge in [0.1, 0.15) is 0 Å². The van der Waals surface area contributed by atoms with Gasteiger partial charge in [-0.25, -0.2) is 0 Å². The molecule has 0 aromatic heterocycles. The van der Waals surface area contributed by atoms with E-state index < -0.39 is 6.04 Å². The van der Waals surface area contributed by atoms with Crippen LogP contribution >= 0.6 is 11.6 Å². The van der Waals surface area contributed by atoms with Gasteiger partial charge in [-0.15, -0.1) is 0 Å². The molecule has 2 aromatic carbocycles. The number of hydrogen-bond donors (Lipinski definition) is 1. The van der Waals surface area contributed by atoms with E-state index in [0.717, 1.165) is 31.5 Å². The molecule has 6 heteroatoms. The highest BCUT2D eigenvalue weighted by atomic mass is 35.5. The lowest BCUT2D eigenvalue weighted by Crippen LogP contribution is -2.45. The van der Waals surface area contributed by atoms with Gasteiger partial charge in [-0.3, -0.25) is 9.59 Å². The Labute approximate surface area is 177 Å². The van der Waals surface area contributed by atoms with E-state index in [1.54, 1.807) is 24.3 Å². The van der Waals surface area contributed by atoms with Crippen LogP contribution in [0.2, 0.25) is 5.02 Å². The van der Waals surface area contributed by atoms with Crippen molar-refractivity contribution in [3.05, 3.63) is 70.7 Å². The number of likely N-dealkylation sites (tertiary alicyclic amines) is 1. The number of hydrogen-bond acceptors (Lipinski definition) is 3. The molecule has 1 aliphatic rings. The minimum Gasteiger partial charge on any atom is -0.345 e. The van der Waals surface area contributed by atoms with Crippen LogP contribution in [0.5, 0.6) is 0 Å². The summed E-state index contributed by atoms with van der Waals surface area (Å²) in [5, 5.41) is 3.41. The molecule has 1 N–H and O–H groups in total. The summed E-state index contributed by atoms with van der Waals surface area (Å²) in [4.78, 5) is 29.9. The molecular weight excluding hydrogens is 386 g/mol. The van der Waals surface area contributed by atoms with Crippen LogP contribution in [-0.2, 0) is 4.79 Å². The topological polar surface area (TPSA) is 52.6 Å². The Hall–Kier alpha value is -2.37. The van der Waals surface area contributed by atoms with Crippen molar-refractivity contribution in [1.29, 1.82) is 0 Å². The summed E-state index contributed by atoms with van der Waals surface area (Å²) in [6.07, 6.45) is 2.17. The molecule has 5 nitrogen and oxygen atoms in total. The number of carbonyl (C=O) groups is 2. The van der Waals surface area contributed by atoms with E-state index in [-0.39, 0.29) is 18.2 Å². The summed E-state index contributed by atoms with van der Waals surface area (Å²) in [6, 6.07) is 16.7. The van der Waals surface area contributed by atoms with Crippen molar-refractivity contribution in [2.75, 3.05) is 27.2 Å². The maximum Gasteiger partial charge on any atom is 0.253 e. The van der Waals surface area contributed by atoms with Crippen molar-refractivity contribution < 1.29 is 9.59 Å². The SMILES string of the molecule is CN(C)C1CCN(C(=O)CC(NC(=O)c2ccccc2Cl)c2ccccc2)CC1. The van der Waals surface area contributed by atoms with Crippen LogP contribution in [0.3, 0.4) is 0 Å². The van der Waals surface area contributed by atoms with Crippen molar-refractivity contribution in [3.8, 4) is 0 Å². The lowest BCUT2D eigenvalue weighted by atomic mass is 10.00. The van der Waals surface area contributed by atoms with Crippen molar-refractivity contribution in [1.82, 2.24) is 15.1 Å². The fourth-order valence-electron chi connectivity index (χ4n) is 3.75. The van der Waals surface area contributed by atoms with Gasteiger partial charge in [-0.1, -0.05) is 54.1 Å². The van der Waals surface area contributed by atoms with Gasteiger partial charge in [0, 0.05) is 19.1 Å². The zero-order valence-electron chi connectivity index (χ0n) is 17.0. The number of nitrogens with one attached hydrogen (secondary N) is 1. The molecule has 0 spiro atoms. The molecular formula is C23H28ClN3O2. The fraction of sp³-hybridized carbons (Fsp3) is 0.391. The predicted octanol–water partition coefficient (Wildman–Crippen LogP) is 3.75. The molecule has 1 saturated heterocycles. The Kier molecular flexibility index (Phi) is 7.29. The first-order valence-electron chi connectivity index (χ1n) is 10.00. The summed E-state index contributed by atoms with van der Waals surface area (Å²) >= 11 is 6.18. The van der Waals surface area contributed by atoms with Gasteiger partial charge >= 0.3 is 0 Å². The highest BCUT2D eigenvalue weighted by molar-refractivity contribution is 6.33. The summed E-state index contributed by atoms with van der Waals surface area (Å²) in [6.45, 7) is 1.50. The minimum atomic E-state index is -0.404. The van der Waals surface area contributed by atoms with Gasteiger partial charge in [-0.05, 0) is 44.6 Å². The second kappa shape index (κ2) is 9.90. The third kappa shape index (κ3) is 5.58. The van der Waals surface area contributed by atoms with Crippen LogP contribution in [0.4, 0.5) is 0 Å². The van der Waals surface area contributed by atoms with E-state index in [4.69, 9.17) is 11.6 Å². The van der Waals surface area contributed by atoms with E-state index in [1.807, 2.05) is 35.2 Å². The Morgan fingerprint density at radius 3 is 2.31 bits per heavy atom. The van der Waals surface area contributed by atoms with Gasteiger partial charge in [0.05, 0.1) is 23.0 Å². The van der Waals surface area contributed by atoms with Crippen LogP contribution < -0.4 is 5.32 Å². The summed E-state index contributed by atoms with van der Waals surface area (Å²) in [5.74, 6) is -0.209. The molecule has 29 heavy (non-hydrogen) atoms. The van der Waals surface area contributed by atoms with Gasteiger partial charge in [-0.2, -0.15) is 0 Å². The Morgan fingerprint density at radius 2 is 1.69 bits per heavy atom. The van der Waals surface area contributed by atoms with Crippen molar-refractivity contribution in [3.63, 3.8) is 0 Å². The monoisotopic (exact) mass is 413 g/mol. The smallest absolute Gasteiger partial charge is 0.253 e. The van der Waals surface area contributed by atoms with Crippen LogP contribution in [0.15, 0.2) is 54.6 Å². The second-order valence-electron chi connectivity index (χ2n) is 7.70. The maximum atomic E-state index is 13.0. The van der Waals surface area contributed by atoms with Gasteiger partial charge in [0.2, 0.25) is 5.91 Å². The predicted molar refractivity (Wildman–Crippen MR) is 116 cm³/mol. The van der Waals surface area contributed by atoms with E-state index in [0.29, 0.717) is 16.6 Å². The van der Waals surface area contributed by atoms with Gasteiger partial charge < -0.3 is 15.1 Å². The zero-order chi connectivity index (χ0) is 20.8. The Morgan fingerprint density at radius 1 is 1.07 bits per heavy atom. The molecule has 3 rings (SSSR count). The third-order valence-corrected chi connectivity index (χ3v) is 5.88. The molecule has 0 radical (unpaired) electrons. The first-order valence-corrected chi connectivity index (χ1v) is 10.4. The molecule has 0 bridgehead atoms. The number of nitrogens with zero attached hydrogens (tertiary/aromatic N) is 2. The van der Waals surface area contributed by atoms with E-state index in [2.05, 4.69) is 24.3 Å². The van der Waals surface area contributed by atoms with Crippen molar-refractivity contribution in [2.45, 2.75) is 31.3 Å². The van der Waals surface area contributed by atoms with Gasteiger partial charge in [0.15, 0.2) is 0 Å². The molecule has 154 valence electrons. The quantitative estimate of drug-likeness (QED) is 0.784. The average Bonchev–Trinajstić information content (AvgIpc) is 2.74. The summed E-state index contributed by atoms with van der Waals surface area (Å²) < 4.78 is 0. The third-order valence-electron chi connectivity index (χ3n) is 5.55. The van der Waals surface area contributed by atoms with Gasteiger partial charge in [0.25, 0.3) is 5.91 Å². The Bertz CT molecular complexity index is 833. The normalized spacial score (nSPS) is 15.9. The number of benzene rings is 2. The average molecular weight is 414 g/mol. The zero-order valence-corrected chi connectivity index (χ0v) is 17.7. The summed E-state index contributed by atoms with van der Waals surface area (Å²) in [5.41, 5.74) is 1.32. The Balaban J connectivity index is 1.71. The number of carbonyl (C=O) groups excluding carboxylic acids is 2. The van der Waals surface area contributed by atoms with Crippen molar-refractivity contribution in [2.24, 2.45) is 0 Å². The second-order valence-corrected chi connectivity index (χ2v) is 8.10. The van der Waals surface area contributed by atoms with E-state index in [9.17, 15) is 9.59 Å². The molecule has 2 aromatic rings. The standard InChI is InChI=1S/C23H28ClN3O2/c1-26(2)18-12-14-27(15-13-18)22(28)16-21(17-8-4-3-5-9-17)25-23(29)19-10-6-7-11-20(19)24/h3-11,18,21H,12-16H2,1-2H3,(H,25,29). The number of rotatable bonds is 6. The number of amides is 2. The van der Waals surface area contributed by atoms with Crippen LogP contribution in [0, 0.1) is 0 Å². The fourth-order valence-corrected chi connectivity index (χ4v) is 3.98. The molecule has 2 amide bonds. The van der Waals surface area contributed by atoms with Crippen molar-refractivity contribution >= 4 is 23.4 Å². The minimum absolute atomic E-state index is 0.0653. The van der Waals surface area contributed by atoms with Crippen LogP contribution in [0.1, 0.15) is 41.2 Å². The first kappa shape index (κ1) is 21.3. The lowest BCUT2D eigenvalue weighted by Gasteiger charge is -2.36. The molecule has 1 heterocycles. The molecule has 1 aliphatic heterocycles. The molecule has 1 atom stereocenters. The van der Waals surface area contributed by atoms with Crippen LogP contribution in [-0.4, -0.2) is 54.8 Å². The highest BCUT2D eigenvalue weighted by Crippen LogP contribution is 2.23. The number of piperidine rings is 1. The first-order chi connectivity index (χ1) is 14.0. The number of halogens is 1. The molecule has 1 fully saturated rings. The molecule has 1 unspecified atom stereocenters. The lowest BCUT2D eigenvalue weighted by molar-refractivity contribution is -0.133. The highest BCUT2D eigenvalue weighted by Gasteiger charge is 2.27. The van der Waals surface area contributed by atoms with E-state index in [1.165, 1.54) is 0 Å². The van der Waals surface area contributed by atoms with E-state index >= 15 is 0 Å².